The first-order chi connectivity index (χ1) is 10.9. The molecule has 0 bridgehead atoms. The molecule has 1 unspecified atom stereocenters. The van der Waals surface area contributed by atoms with Gasteiger partial charge in [-0.25, -0.2) is 0 Å². The van der Waals surface area contributed by atoms with E-state index in [9.17, 15) is 9.59 Å². The zero-order valence-corrected chi connectivity index (χ0v) is 14.1. The average Bonchev–Trinajstić information content (AvgIpc) is 3.13. The molecule has 6 heteroatoms. The van der Waals surface area contributed by atoms with Crippen molar-refractivity contribution >= 4 is 11.9 Å². The largest absolute Gasteiger partial charge is 0.481 e. The minimum absolute atomic E-state index is 0.0426. The molecule has 23 heavy (non-hydrogen) atoms. The molecular weight excluding hydrogens is 294 g/mol. The zero-order valence-electron chi connectivity index (χ0n) is 14.1. The van der Waals surface area contributed by atoms with Crippen LogP contribution in [0.15, 0.2) is 0 Å². The maximum Gasteiger partial charge on any atom is 0.307 e. The Morgan fingerprint density at radius 1 is 1.30 bits per heavy atom. The first-order valence-corrected chi connectivity index (χ1v) is 8.45. The van der Waals surface area contributed by atoms with Gasteiger partial charge in [-0.3, -0.25) is 14.3 Å². The van der Waals surface area contributed by atoms with E-state index in [1.807, 2.05) is 23.4 Å². The Hall–Kier alpha value is -1.85. The number of aryl methyl sites for hydroxylation is 2. The van der Waals surface area contributed by atoms with E-state index < -0.39 is 5.97 Å². The molecule has 3 rings (SSSR count). The van der Waals surface area contributed by atoms with E-state index in [-0.39, 0.29) is 17.2 Å². The second-order valence-corrected chi connectivity index (χ2v) is 7.02. The molecule has 2 aliphatic rings. The summed E-state index contributed by atoms with van der Waals surface area (Å²) in [4.78, 5) is 25.9. The molecule has 1 aliphatic heterocycles. The second-order valence-electron chi connectivity index (χ2n) is 7.02. The van der Waals surface area contributed by atoms with Gasteiger partial charge in [0.2, 0.25) is 0 Å². The van der Waals surface area contributed by atoms with Crippen LogP contribution in [0.4, 0.5) is 0 Å². The average molecular weight is 319 g/mol. The van der Waals surface area contributed by atoms with Gasteiger partial charge in [-0.2, -0.15) is 5.10 Å². The Labute approximate surface area is 136 Å². The van der Waals surface area contributed by atoms with Crippen LogP contribution in [0.1, 0.15) is 54.4 Å². The Bertz CT molecular complexity index is 642. The van der Waals surface area contributed by atoms with Gasteiger partial charge < -0.3 is 10.0 Å². The highest BCUT2D eigenvalue weighted by Crippen LogP contribution is 2.59. The molecule has 6 nitrogen and oxygen atoms in total. The number of aliphatic carboxylic acids is 1. The Balaban J connectivity index is 1.70. The second kappa shape index (κ2) is 5.65. The lowest BCUT2D eigenvalue weighted by atomic mass is 9.90. The Morgan fingerprint density at radius 3 is 2.48 bits per heavy atom. The van der Waals surface area contributed by atoms with Gasteiger partial charge in [0.15, 0.2) is 0 Å². The number of carbonyl (C=O) groups excluding carboxylic acids is 1. The first kappa shape index (κ1) is 16.0. The number of carbonyl (C=O) groups is 2. The number of piperidine rings is 1. The molecule has 1 saturated heterocycles. The molecule has 2 fully saturated rings. The number of amides is 1. The van der Waals surface area contributed by atoms with Crippen molar-refractivity contribution in [3.63, 3.8) is 0 Å². The molecule has 0 radical (unpaired) electrons. The van der Waals surface area contributed by atoms with Crippen LogP contribution in [0.3, 0.4) is 0 Å². The monoisotopic (exact) mass is 319 g/mol. The van der Waals surface area contributed by atoms with Crippen molar-refractivity contribution in [3.05, 3.63) is 17.0 Å². The van der Waals surface area contributed by atoms with Crippen LogP contribution in [-0.4, -0.2) is 44.8 Å². The van der Waals surface area contributed by atoms with Crippen molar-refractivity contribution in [2.75, 3.05) is 13.1 Å². The molecular formula is C17H25N3O3. The quantitative estimate of drug-likeness (QED) is 0.923. The standard InChI is InChI=1S/C17H25N3O3/c1-4-7-20-12(3)14(11(2)18-20)15(21)19-8-5-17(6-9-19)10-13(17)16(22)23/h13H,4-10H2,1-3H3,(H,22,23). The molecule has 126 valence electrons. The molecule has 1 aliphatic carbocycles. The molecule has 1 atom stereocenters. The van der Waals surface area contributed by atoms with Crippen LogP contribution >= 0.6 is 0 Å². The number of likely N-dealkylation sites (tertiary alicyclic amines) is 1. The van der Waals surface area contributed by atoms with Crippen LogP contribution in [0.2, 0.25) is 0 Å². The van der Waals surface area contributed by atoms with Crippen LogP contribution in [0, 0.1) is 25.2 Å². The van der Waals surface area contributed by atoms with Crippen LogP contribution in [-0.2, 0) is 11.3 Å². The summed E-state index contributed by atoms with van der Waals surface area (Å²) in [5, 5.41) is 13.6. The molecule has 0 aromatic carbocycles. The number of carboxylic acid groups (broad SMARTS) is 1. The van der Waals surface area contributed by atoms with Crippen LogP contribution in [0.25, 0.3) is 0 Å². The Kier molecular flexibility index (Phi) is 3.94. The number of hydrogen-bond acceptors (Lipinski definition) is 3. The smallest absolute Gasteiger partial charge is 0.307 e. The summed E-state index contributed by atoms with van der Waals surface area (Å²) in [5.74, 6) is -0.836. The van der Waals surface area contributed by atoms with Crippen LogP contribution < -0.4 is 0 Å². The number of carboxylic acids is 1. The van der Waals surface area contributed by atoms with E-state index in [2.05, 4.69) is 12.0 Å². The summed E-state index contributed by atoms with van der Waals surface area (Å²) >= 11 is 0. The van der Waals surface area contributed by atoms with E-state index in [1.54, 1.807) is 0 Å². The predicted octanol–water partition coefficient (Wildman–Crippen LogP) is 2.24. The van der Waals surface area contributed by atoms with Crippen molar-refractivity contribution in [1.82, 2.24) is 14.7 Å². The highest BCUT2D eigenvalue weighted by atomic mass is 16.4. The third-order valence-corrected chi connectivity index (χ3v) is 5.57. The van der Waals surface area contributed by atoms with Crippen molar-refractivity contribution in [2.45, 2.75) is 53.0 Å². The number of aromatic nitrogens is 2. The van der Waals surface area contributed by atoms with Gasteiger partial charge in [-0.15, -0.1) is 0 Å². The van der Waals surface area contributed by atoms with Crippen molar-refractivity contribution in [1.29, 1.82) is 0 Å². The van der Waals surface area contributed by atoms with E-state index >= 15 is 0 Å². The third-order valence-electron chi connectivity index (χ3n) is 5.57. The van der Waals surface area contributed by atoms with Gasteiger partial charge in [0, 0.05) is 25.3 Å². The van der Waals surface area contributed by atoms with Gasteiger partial charge in [0.25, 0.3) is 5.91 Å². The highest BCUT2D eigenvalue weighted by molar-refractivity contribution is 5.96. The summed E-state index contributed by atoms with van der Waals surface area (Å²) in [6.45, 7) is 8.07. The SMILES string of the molecule is CCCn1nc(C)c(C(=O)N2CCC3(CC2)CC3C(=O)O)c1C. The van der Waals surface area contributed by atoms with Gasteiger partial charge >= 0.3 is 5.97 Å². The van der Waals surface area contributed by atoms with E-state index in [0.717, 1.165) is 49.2 Å². The summed E-state index contributed by atoms with van der Waals surface area (Å²) in [7, 11) is 0. The predicted molar refractivity (Wildman–Crippen MR) is 85.3 cm³/mol. The molecule has 1 amide bonds. The minimum Gasteiger partial charge on any atom is -0.481 e. The minimum atomic E-state index is -0.683. The van der Waals surface area contributed by atoms with Crippen molar-refractivity contribution in [3.8, 4) is 0 Å². The van der Waals surface area contributed by atoms with Gasteiger partial charge in [0.05, 0.1) is 17.2 Å². The fourth-order valence-electron chi connectivity index (χ4n) is 4.00. The lowest BCUT2D eigenvalue weighted by Crippen LogP contribution is -2.40. The lowest BCUT2D eigenvalue weighted by molar-refractivity contribution is -0.139. The molecule has 2 heterocycles. The summed E-state index contributed by atoms with van der Waals surface area (Å²) < 4.78 is 1.91. The summed E-state index contributed by atoms with van der Waals surface area (Å²) in [6, 6.07) is 0. The van der Waals surface area contributed by atoms with E-state index in [0.29, 0.717) is 13.1 Å². The maximum absolute atomic E-state index is 12.9. The van der Waals surface area contributed by atoms with E-state index in [4.69, 9.17) is 5.11 Å². The molecule has 1 spiro atoms. The van der Waals surface area contributed by atoms with E-state index in [1.165, 1.54) is 0 Å². The first-order valence-electron chi connectivity index (χ1n) is 8.45. The maximum atomic E-state index is 12.9. The van der Waals surface area contributed by atoms with Gasteiger partial charge in [-0.05, 0) is 44.9 Å². The van der Waals surface area contributed by atoms with Crippen LogP contribution in [0.5, 0.6) is 0 Å². The number of hydrogen-bond donors (Lipinski definition) is 1. The van der Waals surface area contributed by atoms with Crippen molar-refractivity contribution in [2.24, 2.45) is 11.3 Å². The molecule has 1 aromatic rings. The Morgan fingerprint density at radius 2 is 1.96 bits per heavy atom. The zero-order chi connectivity index (χ0) is 16.8. The summed E-state index contributed by atoms with van der Waals surface area (Å²) in [5.41, 5.74) is 2.40. The summed E-state index contributed by atoms with van der Waals surface area (Å²) in [6.07, 6.45) is 3.36. The van der Waals surface area contributed by atoms with Gasteiger partial charge in [-0.1, -0.05) is 6.92 Å². The van der Waals surface area contributed by atoms with Crippen molar-refractivity contribution < 1.29 is 14.7 Å². The number of rotatable bonds is 4. The normalized spacial score (nSPS) is 22.4. The third kappa shape index (κ3) is 2.64. The fourth-order valence-corrected chi connectivity index (χ4v) is 4.00. The molecule has 1 aromatic heterocycles. The molecule has 1 N–H and O–H groups in total. The molecule has 1 saturated carbocycles. The lowest BCUT2D eigenvalue weighted by Gasteiger charge is -2.32. The van der Waals surface area contributed by atoms with Gasteiger partial charge in [0.1, 0.15) is 0 Å². The highest BCUT2D eigenvalue weighted by Gasteiger charge is 2.59. The topological polar surface area (TPSA) is 75.4 Å². The fraction of sp³-hybridized carbons (Fsp3) is 0.706. The number of nitrogens with zero attached hydrogens (tertiary/aromatic N) is 3.